The van der Waals surface area contributed by atoms with E-state index >= 15 is 0 Å². The van der Waals surface area contributed by atoms with E-state index in [-0.39, 0.29) is 18.5 Å². The van der Waals surface area contributed by atoms with Gasteiger partial charge in [-0.25, -0.2) is 5.01 Å². The van der Waals surface area contributed by atoms with Crippen molar-refractivity contribution in [1.29, 1.82) is 0 Å². The smallest absolute Gasteiger partial charge is 0.257 e. The second-order valence-electron chi connectivity index (χ2n) is 9.00. The lowest BCUT2D eigenvalue weighted by molar-refractivity contribution is -0.134. The third-order valence-corrected chi connectivity index (χ3v) is 6.45. The maximum Gasteiger partial charge on any atom is 0.257 e. The maximum atomic E-state index is 13.5. The van der Waals surface area contributed by atoms with Crippen molar-refractivity contribution in [3.05, 3.63) is 114 Å². The molecular formula is C30H29N3O2. The van der Waals surface area contributed by atoms with Crippen LogP contribution in [0.2, 0.25) is 0 Å². The number of carbonyl (C=O) groups is 1. The van der Waals surface area contributed by atoms with Crippen molar-refractivity contribution >= 4 is 22.4 Å². The molecule has 0 saturated carbocycles. The number of benzene rings is 4. The topological polar surface area (TPSA) is 45.1 Å². The minimum absolute atomic E-state index is 0.0139. The molecule has 4 aromatic rings. The average Bonchev–Trinajstić information content (AvgIpc) is 3.35. The third kappa shape index (κ3) is 5.10. The van der Waals surface area contributed by atoms with Gasteiger partial charge < -0.3 is 4.74 Å². The number of rotatable bonds is 7. The van der Waals surface area contributed by atoms with Gasteiger partial charge in [-0.05, 0) is 52.7 Å². The van der Waals surface area contributed by atoms with Crippen LogP contribution in [-0.4, -0.2) is 42.2 Å². The SMILES string of the molecule is COc1ccc(C2CC(c3ccc4ccccc4c3)=NN2C(=O)CN(C)Cc2ccccc2)cc1. The predicted molar refractivity (Wildman–Crippen MR) is 140 cm³/mol. The Morgan fingerprint density at radius 1 is 0.943 bits per heavy atom. The Kier molecular flexibility index (Phi) is 6.59. The first-order valence-corrected chi connectivity index (χ1v) is 11.9. The van der Waals surface area contributed by atoms with Crippen LogP contribution in [0.25, 0.3) is 10.8 Å². The van der Waals surface area contributed by atoms with E-state index in [1.165, 1.54) is 16.3 Å². The van der Waals surface area contributed by atoms with Crippen molar-refractivity contribution in [3.8, 4) is 5.75 Å². The molecule has 1 aliphatic rings. The van der Waals surface area contributed by atoms with E-state index in [9.17, 15) is 4.79 Å². The van der Waals surface area contributed by atoms with Gasteiger partial charge in [0.15, 0.2) is 0 Å². The maximum absolute atomic E-state index is 13.5. The molecule has 35 heavy (non-hydrogen) atoms. The highest BCUT2D eigenvalue weighted by molar-refractivity contribution is 6.05. The van der Waals surface area contributed by atoms with Crippen LogP contribution < -0.4 is 4.74 Å². The Morgan fingerprint density at radius 3 is 2.40 bits per heavy atom. The lowest BCUT2D eigenvalue weighted by Gasteiger charge is -2.25. The summed E-state index contributed by atoms with van der Waals surface area (Å²) >= 11 is 0. The fourth-order valence-electron chi connectivity index (χ4n) is 4.62. The summed E-state index contributed by atoms with van der Waals surface area (Å²) in [7, 11) is 3.63. The number of carbonyl (C=O) groups excluding carboxylic acids is 1. The van der Waals surface area contributed by atoms with Crippen LogP contribution in [0, 0.1) is 0 Å². The molecule has 0 saturated heterocycles. The van der Waals surface area contributed by atoms with Crippen LogP contribution in [0.4, 0.5) is 0 Å². The van der Waals surface area contributed by atoms with Gasteiger partial charge in [0.1, 0.15) is 5.75 Å². The van der Waals surface area contributed by atoms with E-state index in [0.29, 0.717) is 13.0 Å². The molecule has 5 nitrogen and oxygen atoms in total. The van der Waals surface area contributed by atoms with E-state index < -0.39 is 0 Å². The molecule has 5 rings (SSSR count). The summed E-state index contributed by atoms with van der Waals surface area (Å²) in [5.41, 5.74) is 4.20. The largest absolute Gasteiger partial charge is 0.497 e. The van der Waals surface area contributed by atoms with Crippen LogP contribution >= 0.6 is 0 Å². The average molecular weight is 464 g/mol. The highest BCUT2D eigenvalue weighted by Crippen LogP contribution is 2.34. The van der Waals surface area contributed by atoms with Crippen LogP contribution in [0.3, 0.4) is 0 Å². The summed E-state index contributed by atoms with van der Waals surface area (Å²) in [6.45, 7) is 0.991. The molecular weight excluding hydrogens is 434 g/mol. The normalized spacial score (nSPS) is 15.5. The summed E-state index contributed by atoms with van der Waals surface area (Å²) in [6.07, 6.45) is 0.665. The number of fused-ring (bicyclic) bond motifs is 1. The summed E-state index contributed by atoms with van der Waals surface area (Å²) in [6, 6.07) is 32.6. The van der Waals surface area contributed by atoms with Gasteiger partial charge in [0, 0.05) is 13.0 Å². The second kappa shape index (κ2) is 10.1. The lowest BCUT2D eigenvalue weighted by atomic mass is 9.97. The first kappa shape index (κ1) is 22.8. The standard InChI is InChI=1S/C30H29N3O2/c1-32(20-22-8-4-3-5-9-22)21-30(34)33-29(24-14-16-27(35-2)17-15-24)19-28(31-33)26-13-12-23-10-6-7-11-25(23)18-26/h3-18,29H,19-21H2,1-2H3. The van der Waals surface area contributed by atoms with Crippen LogP contribution in [0.5, 0.6) is 5.75 Å². The molecule has 1 atom stereocenters. The molecule has 4 aromatic carbocycles. The molecule has 0 N–H and O–H groups in total. The minimum Gasteiger partial charge on any atom is -0.497 e. The zero-order valence-corrected chi connectivity index (χ0v) is 20.1. The van der Waals surface area contributed by atoms with Crippen molar-refractivity contribution in [2.24, 2.45) is 5.10 Å². The zero-order valence-electron chi connectivity index (χ0n) is 20.1. The number of hydrogen-bond donors (Lipinski definition) is 0. The highest BCUT2D eigenvalue weighted by Gasteiger charge is 2.33. The van der Waals surface area contributed by atoms with E-state index in [0.717, 1.165) is 22.6 Å². The second-order valence-corrected chi connectivity index (χ2v) is 9.00. The quantitative estimate of drug-likeness (QED) is 0.355. The first-order valence-electron chi connectivity index (χ1n) is 11.9. The summed E-state index contributed by atoms with van der Waals surface area (Å²) in [5.74, 6) is 0.780. The molecule has 0 aliphatic carbocycles. The molecule has 0 spiro atoms. The lowest BCUT2D eigenvalue weighted by Crippen LogP contribution is -2.36. The van der Waals surface area contributed by atoms with Gasteiger partial charge in [0.2, 0.25) is 0 Å². The van der Waals surface area contributed by atoms with E-state index in [1.54, 1.807) is 12.1 Å². The van der Waals surface area contributed by atoms with Crippen molar-refractivity contribution < 1.29 is 9.53 Å². The van der Waals surface area contributed by atoms with Gasteiger partial charge in [0.25, 0.3) is 5.91 Å². The van der Waals surface area contributed by atoms with Gasteiger partial charge in [-0.15, -0.1) is 0 Å². The molecule has 1 amide bonds. The number of hydrazone groups is 1. The molecule has 0 aromatic heterocycles. The molecule has 0 fully saturated rings. The zero-order chi connectivity index (χ0) is 24.2. The fraction of sp³-hybridized carbons (Fsp3) is 0.200. The Hall–Kier alpha value is -3.96. The molecule has 1 unspecified atom stereocenters. The first-order chi connectivity index (χ1) is 17.1. The Labute approximate surface area is 206 Å². The van der Waals surface area contributed by atoms with Crippen LogP contribution in [0.1, 0.15) is 29.2 Å². The Morgan fingerprint density at radius 2 is 1.66 bits per heavy atom. The number of ether oxygens (including phenoxy) is 1. The molecule has 176 valence electrons. The van der Waals surface area contributed by atoms with Gasteiger partial charge in [-0.2, -0.15) is 5.10 Å². The third-order valence-electron chi connectivity index (χ3n) is 6.45. The number of amides is 1. The van der Waals surface area contributed by atoms with Crippen molar-refractivity contribution in [3.63, 3.8) is 0 Å². The fourth-order valence-corrected chi connectivity index (χ4v) is 4.62. The van der Waals surface area contributed by atoms with Gasteiger partial charge in [-0.1, -0.05) is 78.9 Å². The molecule has 5 heteroatoms. The van der Waals surface area contributed by atoms with E-state index in [2.05, 4.69) is 42.5 Å². The van der Waals surface area contributed by atoms with E-state index in [1.807, 2.05) is 66.5 Å². The van der Waals surface area contributed by atoms with E-state index in [4.69, 9.17) is 9.84 Å². The summed E-state index contributed by atoms with van der Waals surface area (Å²) < 4.78 is 5.33. The molecule has 0 bridgehead atoms. The Balaban J connectivity index is 1.42. The Bertz CT molecular complexity index is 1350. The van der Waals surface area contributed by atoms with Crippen LogP contribution in [-0.2, 0) is 11.3 Å². The minimum atomic E-state index is -0.153. The van der Waals surface area contributed by atoms with Gasteiger partial charge >= 0.3 is 0 Å². The van der Waals surface area contributed by atoms with Crippen molar-refractivity contribution in [2.45, 2.75) is 19.0 Å². The number of nitrogens with zero attached hydrogens (tertiary/aromatic N) is 3. The van der Waals surface area contributed by atoms with Crippen molar-refractivity contribution in [2.75, 3.05) is 20.7 Å². The summed E-state index contributed by atoms with van der Waals surface area (Å²) in [4.78, 5) is 15.5. The number of hydrogen-bond acceptors (Lipinski definition) is 4. The van der Waals surface area contributed by atoms with Crippen LogP contribution in [0.15, 0.2) is 102 Å². The molecule has 0 radical (unpaired) electrons. The number of methoxy groups -OCH3 is 1. The van der Waals surface area contributed by atoms with Gasteiger partial charge in [-0.3, -0.25) is 9.69 Å². The van der Waals surface area contributed by atoms with Crippen molar-refractivity contribution in [1.82, 2.24) is 9.91 Å². The summed E-state index contributed by atoms with van der Waals surface area (Å²) in [5, 5.41) is 8.90. The molecule has 1 aliphatic heterocycles. The monoisotopic (exact) mass is 463 g/mol. The van der Waals surface area contributed by atoms with Gasteiger partial charge in [0.05, 0.1) is 25.4 Å². The molecule has 1 heterocycles. The highest BCUT2D eigenvalue weighted by atomic mass is 16.5. The predicted octanol–water partition coefficient (Wildman–Crippen LogP) is 5.66. The number of likely N-dealkylation sites (N-methyl/N-ethyl adjacent to an activating group) is 1.